The number of carbonyl (C=O) groups is 1. The van der Waals surface area contributed by atoms with Gasteiger partial charge in [-0.3, -0.25) is 4.79 Å². The van der Waals surface area contributed by atoms with Gasteiger partial charge in [0.2, 0.25) is 0 Å². The SMILES string of the molecule is CC(C)(C)NS(=O)(=O)NCC1CCCCC1C(=O)O. The largest absolute Gasteiger partial charge is 0.481 e. The molecule has 0 amide bonds. The van der Waals surface area contributed by atoms with Crippen molar-refractivity contribution in [2.45, 2.75) is 52.0 Å². The fourth-order valence-corrected chi connectivity index (χ4v) is 3.74. The van der Waals surface area contributed by atoms with Crippen LogP contribution in [0.3, 0.4) is 0 Å². The van der Waals surface area contributed by atoms with Crippen molar-refractivity contribution < 1.29 is 18.3 Å². The van der Waals surface area contributed by atoms with Gasteiger partial charge in [0, 0.05) is 12.1 Å². The van der Waals surface area contributed by atoms with E-state index in [2.05, 4.69) is 9.44 Å². The van der Waals surface area contributed by atoms with Gasteiger partial charge in [-0.2, -0.15) is 13.1 Å². The molecule has 2 atom stereocenters. The van der Waals surface area contributed by atoms with Crippen molar-refractivity contribution >= 4 is 16.2 Å². The zero-order valence-corrected chi connectivity index (χ0v) is 12.6. The van der Waals surface area contributed by atoms with Crippen LogP contribution in [0.4, 0.5) is 0 Å². The summed E-state index contributed by atoms with van der Waals surface area (Å²) < 4.78 is 28.6. The van der Waals surface area contributed by atoms with E-state index in [1.54, 1.807) is 20.8 Å². The van der Waals surface area contributed by atoms with Gasteiger partial charge in [0.05, 0.1) is 5.92 Å². The Morgan fingerprint density at radius 2 is 1.84 bits per heavy atom. The van der Waals surface area contributed by atoms with Crippen molar-refractivity contribution in [3.8, 4) is 0 Å². The summed E-state index contributed by atoms with van der Waals surface area (Å²) in [7, 11) is -3.58. The Labute approximate surface area is 115 Å². The maximum atomic E-state index is 11.8. The van der Waals surface area contributed by atoms with Crippen LogP contribution < -0.4 is 9.44 Å². The van der Waals surface area contributed by atoms with Crippen molar-refractivity contribution in [1.82, 2.24) is 9.44 Å². The highest BCUT2D eigenvalue weighted by Gasteiger charge is 2.31. The molecule has 1 saturated carbocycles. The molecule has 0 spiro atoms. The van der Waals surface area contributed by atoms with E-state index in [0.29, 0.717) is 6.42 Å². The number of carboxylic acid groups (broad SMARTS) is 1. The van der Waals surface area contributed by atoms with E-state index in [-0.39, 0.29) is 12.5 Å². The monoisotopic (exact) mass is 292 g/mol. The summed E-state index contributed by atoms with van der Waals surface area (Å²) in [4.78, 5) is 11.1. The highest BCUT2D eigenvalue weighted by atomic mass is 32.2. The predicted octanol–water partition coefficient (Wildman–Crippen LogP) is 1.10. The van der Waals surface area contributed by atoms with Crippen LogP contribution in [0.15, 0.2) is 0 Å². The Hall–Kier alpha value is -0.660. The molecular formula is C12H24N2O4S. The van der Waals surface area contributed by atoms with Crippen molar-refractivity contribution in [2.24, 2.45) is 11.8 Å². The topological polar surface area (TPSA) is 95.5 Å². The average Bonchev–Trinajstić information content (AvgIpc) is 2.23. The minimum absolute atomic E-state index is 0.122. The van der Waals surface area contributed by atoms with Crippen molar-refractivity contribution in [2.75, 3.05) is 6.54 Å². The molecule has 3 N–H and O–H groups in total. The van der Waals surface area contributed by atoms with Gasteiger partial charge in [-0.05, 0) is 39.5 Å². The highest BCUT2D eigenvalue weighted by Crippen LogP contribution is 2.29. The maximum Gasteiger partial charge on any atom is 0.306 e. The van der Waals surface area contributed by atoms with E-state index in [4.69, 9.17) is 5.11 Å². The number of aliphatic carboxylic acids is 1. The third kappa shape index (κ3) is 5.88. The molecule has 0 aromatic carbocycles. The standard InChI is InChI=1S/C12H24N2O4S/c1-12(2,3)14-19(17,18)13-8-9-6-4-5-7-10(9)11(15)16/h9-10,13-14H,4-8H2,1-3H3,(H,15,16). The molecule has 0 heterocycles. The zero-order valence-electron chi connectivity index (χ0n) is 11.8. The van der Waals surface area contributed by atoms with Gasteiger partial charge in [0.25, 0.3) is 10.2 Å². The van der Waals surface area contributed by atoms with Crippen LogP contribution in [0, 0.1) is 11.8 Å². The minimum atomic E-state index is -3.58. The van der Waals surface area contributed by atoms with Gasteiger partial charge < -0.3 is 5.11 Å². The van der Waals surface area contributed by atoms with E-state index in [1.165, 1.54) is 0 Å². The molecule has 112 valence electrons. The van der Waals surface area contributed by atoms with Crippen molar-refractivity contribution in [1.29, 1.82) is 0 Å². The molecule has 0 saturated heterocycles. The summed E-state index contributed by atoms with van der Waals surface area (Å²) in [5.74, 6) is -1.39. The quantitative estimate of drug-likeness (QED) is 0.707. The molecular weight excluding hydrogens is 268 g/mol. The fourth-order valence-electron chi connectivity index (χ4n) is 2.43. The summed E-state index contributed by atoms with van der Waals surface area (Å²) in [6, 6.07) is 0. The number of hydrogen-bond donors (Lipinski definition) is 3. The van der Waals surface area contributed by atoms with Crippen LogP contribution in [-0.2, 0) is 15.0 Å². The first-order chi connectivity index (χ1) is 8.61. The Kier molecular flexibility index (Phi) is 5.34. The normalized spacial score (nSPS) is 25.2. The molecule has 0 aromatic heterocycles. The molecule has 1 fully saturated rings. The minimum Gasteiger partial charge on any atom is -0.481 e. The van der Waals surface area contributed by atoms with Crippen LogP contribution in [-0.4, -0.2) is 31.6 Å². The van der Waals surface area contributed by atoms with Crippen LogP contribution >= 0.6 is 0 Å². The summed E-state index contributed by atoms with van der Waals surface area (Å²) in [5, 5.41) is 9.13. The summed E-state index contributed by atoms with van der Waals surface area (Å²) >= 11 is 0. The molecule has 1 aliphatic rings. The predicted molar refractivity (Wildman–Crippen MR) is 72.9 cm³/mol. The second-order valence-corrected chi connectivity index (χ2v) is 7.69. The average molecular weight is 292 g/mol. The van der Waals surface area contributed by atoms with Crippen molar-refractivity contribution in [3.63, 3.8) is 0 Å². The molecule has 19 heavy (non-hydrogen) atoms. The lowest BCUT2D eigenvalue weighted by Gasteiger charge is -2.29. The van der Waals surface area contributed by atoms with E-state index in [9.17, 15) is 13.2 Å². The van der Waals surface area contributed by atoms with Gasteiger partial charge in [-0.15, -0.1) is 0 Å². The number of hydrogen-bond acceptors (Lipinski definition) is 3. The highest BCUT2D eigenvalue weighted by molar-refractivity contribution is 7.87. The van der Waals surface area contributed by atoms with Gasteiger partial charge in [0.15, 0.2) is 0 Å². The smallest absolute Gasteiger partial charge is 0.306 e. The Balaban J connectivity index is 2.57. The van der Waals surface area contributed by atoms with E-state index in [0.717, 1.165) is 19.3 Å². The fraction of sp³-hybridized carbons (Fsp3) is 0.917. The van der Waals surface area contributed by atoms with Crippen LogP contribution in [0.5, 0.6) is 0 Å². The second kappa shape index (κ2) is 6.19. The summed E-state index contributed by atoms with van der Waals surface area (Å²) in [6.45, 7) is 5.45. The molecule has 0 bridgehead atoms. The first-order valence-corrected chi connectivity index (χ1v) is 8.10. The Morgan fingerprint density at radius 1 is 1.26 bits per heavy atom. The Morgan fingerprint density at radius 3 is 2.37 bits per heavy atom. The molecule has 7 heteroatoms. The molecule has 0 aromatic rings. The van der Waals surface area contributed by atoms with Gasteiger partial charge >= 0.3 is 5.97 Å². The second-order valence-electron chi connectivity index (χ2n) is 6.19. The number of nitrogens with one attached hydrogen (secondary N) is 2. The third-order valence-electron chi connectivity index (χ3n) is 3.20. The maximum absolute atomic E-state index is 11.8. The molecule has 2 unspecified atom stereocenters. The molecule has 6 nitrogen and oxygen atoms in total. The molecule has 0 radical (unpaired) electrons. The van der Waals surface area contributed by atoms with E-state index >= 15 is 0 Å². The lowest BCUT2D eigenvalue weighted by atomic mass is 9.79. The number of carboxylic acids is 1. The Bertz CT molecular complexity index is 414. The van der Waals surface area contributed by atoms with Gasteiger partial charge in [-0.1, -0.05) is 12.8 Å². The van der Waals surface area contributed by atoms with Gasteiger partial charge in [0.1, 0.15) is 0 Å². The number of rotatable bonds is 5. The lowest BCUT2D eigenvalue weighted by Crippen LogP contribution is -2.48. The molecule has 0 aliphatic heterocycles. The van der Waals surface area contributed by atoms with E-state index < -0.39 is 27.6 Å². The van der Waals surface area contributed by atoms with Crippen LogP contribution in [0.2, 0.25) is 0 Å². The third-order valence-corrected chi connectivity index (χ3v) is 4.63. The van der Waals surface area contributed by atoms with Crippen LogP contribution in [0.25, 0.3) is 0 Å². The summed E-state index contributed by atoms with van der Waals surface area (Å²) in [5.41, 5.74) is -0.551. The lowest BCUT2D eigenvalue weighted by molar-refractivity contribution is -0.144. The van der Waals surface area contributed by atoms with Crippen molar-refractivity contribution in [3.05, 3.63) is 0 Å². The van der Waals surface area contributed by atoms with Gasteiger partial charge in [-0.25, -0.2) is 4.72 Å². The molecule has 1 rings (SSSR count). The zero-order chi connectivity index (χ0) is 14.7. The first kappa shape index (κ1) is 16.4. The molecule has 1 aliphatic carbocycles. The van der Waals surface area contributed by atoms with Crippen LogP contribution in [0.1, 0.15) is 46.5 Å². The van der Waals surface area contributed by atoms with E-state index in [1.807, 2.05) is 0 Å². The summed E-state index contributed by atoms with van der Waals surface area (Å²) in [6.07, 6.45) is 3.26. The first-order valence-electron chi connectivity index (χ1n) is 6.62.